The maximum atomic E-state index is 12.0. The van der Waals surface area contributed by atoms with Crippen LogP contribution >= 0.6 is 0 Å². The molecule has 0 saturated heterocycles. The predicted octanol–water partition coefficient (Wildman–Crippen LogP) is 2.53. The number of carbonyl (C=O) groups excluding carboxylic acids is 1. The van der Waals surface area contributed by atoms with Crippen molar-refractivity contribution in [3.8, 4) is 5.75 Å². The zero-order valence-corrected chi connectivity index (χ0v) is 13.3. The number of hydrogen-bond donors (Lipinski definition) is 3. The van der Waals surface area contributed by atoms with Crippen LogP contribution in [0.3, 0.4) is 0 Å². The molecule has 0 aliphatic heterocycles. The molecule has 2 aromatic carbocycles. The molecule has 0 saturated carbocycles. The molecule has 5 heteroatoms. The number of hydrogen-bond acceptors (Lipinski definition) is 3. The number of nitrogens with one attached hydrogen (secondary N) is 1. The van der Waals surface area contributed by atoms with Crippen LogP contribution in [-0.4, -0.2) is 28.1 Å². The molecule has 3 N–H and O–H groups in total. The number of amides is 1. The van der Waals surface area contributed by atoms with Crippen molar-refractivity contribution >= 4 is 18.0 Å². The number of aliphatic carboxylic acids is 1. The van der Waals surface area contributed by atoms with Gasteiger partial charge in [-0.1, -0.05) is 36.4 Å². The summed E-state index contributed by atoms with van der Waals surface area (Å²) in [6.45, 7) is 1.78. The molecule has 24 heavy (non-hydrogen) atoms. The fourth-order valence-corrected chi connectivity index (χ4v) is 2.28. The third kappa shape index (κ3) is 4.98. The van der Waals surface area contributed by atoms with E-state index >= 15 is 0 Å². The summed E-state index contributed by atoms with van der Waals surface area (Å²) in [7, 11) is 0. The first-order valence-corrected chi connectivity index (χ1v) is 7.50. The van der Waals surface area contributed by atoms with Gasteiger partial charge in [0.1, 0.15) is 11.8 Å². The van der Waals surface area contributed by atoms with Crippen molar-refractivity contribution in [3.63, 3.8) is 0 Å². The van der Waals surface area contributed by atoms with Crippen molar-refractivity contribution in [1.29, 1.82) is 0 Å². The van der Waals surface area contributed by atoms with Gasteiger partial charge in [-0.25, -0.2) is 4.79 Å². The van der Waals surface area contributed by atoms with Crippen LogP contribution in [0.5, 0.6) is 5.75 Å². The minimum absolute atomic E-state index is 0.123. The number of aromatic hydroxyl groups is 1. The molecule has 124 valence electrons. The second-order valence-corrected chi connectivity index (χ2v) is 5.46. The Balaban J connectivity index is 2.04. The average Bonchev–Trinajstić information content (AvgIpc) is 2.55. The molecule has 0 aliphatic rings. The Morgan fingerprint density at radius 2 is 1.88 bits per heavy atom. The van der Waals surface area contributed by atoms with Crippen LogP contribution in [0.15, 0.2) is 54.6 Å². The van der Waals surface area contributed by atoms with E-state index in [2.05, 4.69) is 5.32 Å². The van der Waals surface area contributed by atoms with E-state index in [1.54, 1.807) is 25.1 Å². The molecular weight excluding hydrogens is 306 g/mol. The Hall–Kier alpha value is -3.08. The van der Waals surface area contributed by atoms with Gasteiger partial charge in [0.25, 0.3) is 0 Å². The second-order valence-electron chi connectivity index (χ2n) is 5.46. The zero-order valence-electron chi connectivity index (χ0n) is 13.3. The average molecular weight is 325 g/mol. The number of carbonyl (C=O) groups is 2. The van der Waals surface area contributed by atoms with Gasteiger partial charge in [0.15, 0.2) is 0 Å². The van der Waals surface area contributed by atoms with Crippen LogP contribution < -0.4 is 5.32 Å². The number of carboxylic acids is 1. The predicted molar refractivity (Wildman–Crippen MR) is 91.6 cm³/mol. The maximum absolute atomic E-state index is 12.0. The van der Waals surface area contributed by atoms with Crippen molar-refractivity contribution in [2.45, 2.75) is 19.4 Å². The number of benzene rings is 2. The zero-order chi connectivity index (χ0) is 17.5. The Labute approximate surface area is 140 Å². The highest BCUT2D eigenvalue weighted by Gasteiger charge is 2.20. The van der Waals surface area contributed by atoms with E-state index in [9.17, 15) is 19.8 Å². The largest absolute Gasteiger partial charge is 0.508 e. The van der Waals surface area contributed by atoms with Gasteiger partial charge in [-0.3, -0.25) is 4.79 Å². The minimum atomic E-state index is -1.11. The van der Waals surface area contributed by atoms with Crippen molar-refractivity contribution in [3.05, 3.63) is 71.3 Å². The lowest BCUT2D eigenvalue weighted by Gasteiger charge is -2.15. The summed E-state index contributed by atoms with van der Waals surface area (Å²) < 4.78 is 0. The van der Waals surface area contributed by atoms with Crippen LogP contribution in [-0.2, 0) is 16.0 Å². The smallest absolute Gasteiger partial charge is 0.326 e. The number of carboxylic acid groups (broad SMARTS) is 1. The van der Waals surface area contributed by atoms with Crippen LogP contribution in [0.1, 0.15) is 16.7 Å². The highest BCUT2D eigenvalue weighted by molar-refractivity contribution is 5.94. The lowest BCUT2D eigenvalue weighted by molar-refractivity contribution is -0.141. The lowest BCUT2D eigenvalue weighted by atomic mass is 10.0. The number of aryl methyl sites for hydroxylation is 1. The first kappa shape index (κ1) is 17.3. The minimum Gasteiger partial charge on any atom is -0.508 e. The van der Waals surface area contributed by atoms with Crippen LogP contribution in [0.2, 0.25) is 0 Å². The second kappa shape index (κ2) is 7.97. The molecule has 0 spiro atoms. The summed E-state index contributed by atoms with van der Waals surface area (Å²) in [5.74, 6) is -1.45. The van der Waals surface area contributed by atoms with Crippen molar-refractivity contribution in [1.82, 2.24) is 5.32 Å². The van der Waals surface area contributed by atoms with E-state index in [1.807, 2.05) is 30.3 Å². The SMILES string of the molecule is Cc1cc(O)ccc1CC(NC(=O)C=Cc1ccccc1)C(=O)O. The first-order valence-electron chi connectivity index (χ1n) is 7.50. The summed E-state index contributed by atoms with van der Waals surface area (Å²) in [5, 5.41) is 21.2. The molecule has 1 atom stereocenters. The summed E-state index contributed by atoms with van der Waals surface area (Å²) in [4.78, 5) is 23.4. The molecule has 2 aromatic rings. The fraction of sp³-hybridized carbons (Fsp3) is 0.158. The fourth-order valence-electron chi connectivity index (χ4n) is 2.28. The summed E-state index contributed by atoms with van der Waals surface area (Å²) in [6.07, 6.45) is 3.08. The quantitative estimate of drug-likeness (QED) is 0.712. The molecule has 2 rings (SSSR count). The van der Waals surface area contributed by atoms with Crippen molar-refractivity contribution in [2.24, 2.45) is 0 Å². The van der Waals surface area contributed by atoms with E-state index in [4.69, 9.17) is 0 Å². The van der Waals surface area contributed by atoms with Gasteiger partial charge in [0.2, 0.25) is 5.91 Å². The van der Waals surface area contributed by atoms with Gasteiger partial charge in [-0.15, -0.1) is 0 Å². The molecule has 0 fully saturated rings. The van der Waals surface area contributed by atoms with Gasteiger partial charge in [0.05, 0.1) is 0 Å². The molecule has 1 amide bonds. The molecule has 0 radical (unpaired) electrons. The monoisotopic (exact) mass is 325 g/mol. The van der Waals surface area contributed by atoms with Gasteiger partial charge < -0.3 is 15.5 Å². The highest BCUT2D eigenvalue weighted by atomic mass is 16.4. The maximum Gasteiger partial charge on any atom is 0.326 e. The third-order valence-corrected chi connectivity index (χ3v) is 3.59. The summed E-state index contributed by atoms with van der Waals surface area (Å²) in [5.41, 5.74) is 2.39. The van der Waals surface area contributed by atoms with Crippen LogP contribution in [0.25, 0.3) is 6.08 Å². The summed E-state index contributed by atoms with van der Waals surface area (Å²) >= 11 is 0. The molecule has 0 aliphatic carbocycles. The molecule has 0 heterocycles. The molecule has 0 bridgehead atoms. The number of phenolic OH excluding ortho intramolecular Hbond substituents is 1. The number of rotatable bonds is 6. The Morgan fingerprint density at radius 1 is 1.17 bits per heavy atom. The highest BCUT2D eigenvalue weighted by Crippen LogP contribution is 2.17. The van der Waals surface area contributed by atoms with E-state index in [0.717, 1.165) is 16.7 Å². The Kier molecular flexibility index (Phi) is 5.73. The Bertz CT molecular complexity index is 753. The molecule has 5 nitrogen and oxygen atoms in total. The topological polar surface area (TPSA) is 86.6 Å². The normalized spacial score (nSPS) is 12.0. The third-order valence-electron chi connectivity index (χ3n) is 3.59. The van der Waals surface area contributed by atoms with E-state index in [1.165, 1.54) is 12.1 Å². The van der Waals surface area contributed by atoms with Gasteiger partial charge >= 0.3 is 5.97 Å². The van der Waals surface area contributed by atoms with E-state index in [0.29, 0.717) is 0 Å². The molecule has 1 unspecified atom stereocenters. The first-order chi connectivity index (χ1) is 11.5. The van der Waals surface area contributed by atoms with E-state index < -0.39 is 17.9 Å². The summed E-state index contributed by atoms with van der Waals surface area (Å²) in [6, 6.07) is 12.9. The standard InChI is InChI=1S/C19H19NO4/c1-13-11-16(21)9-8-15(13)12-17(19(23)24)20-18(22)10-7-14-5-3-2-4-6-14/h2-11,17,21H,12H2,1H3,(H,20,22)(H,23,24). The van der Waals surface area contributed by atoms with Crippen molar-refractivity contribution in [2.75, 3.05) is 0 Å². The molecule has 0 aromatic heterocycles. The van der Waals surface area contributed by atoms with Gasteiger partial charge in [0, 0.05) is 12.5 Å². The molecular formula is C19H19NO4. The van der Waals surface area contributed by atoms with Gasteiger partial charge in [-0.2, -0.15) is 0 Å². The van der Waals surface area contributed by atoms with Crippen molar-refractivity contribution < 1.29 is 19.8 Å². The Morgan fingerprint density at radius 3 is 2.50 bits per heavy atom. The van der Waals surface area contributed by atoms with Crippen LogP contribution in [0, 0.1) is 6.92 Å². The van der Waals surface area contributed by atoms with Gasteiger partial charge in [-0.05, 0) is 41.8 Å². The van der Waals surface area contributed by atoms with E-state index in [-0.39, 0.29) is 12.2 Å². The lowest BCUT2D eigenvalue weighted by Crippen LogP contribution is -2.41. The number of phenols is 1. The van der Waals surface area contributed by atoms with Crippen LogP contribution in [0.4, 0.5) is 0 Å².